The lowest BCUT2D eigenvalue weighted by atomic mass is 9.90. The van der Waals surface area contributed by atoms with Crippen molar-refractivity contribution in [3.05, 3.63) is 0 Å². The Bertz CT molecular complexity index is 232. The van der Waals surface area contributed by atoms with E-state index >= 15 is 0 Å². The summed E-state index contributed by atoms with van der Waals surface area (Å²) in [5.74, 6) is 1.04. The predicted molar refractivity (Wildman–Crippen MR) is 122 cm³/mol. The van der Waals surface area contributed by atoms with Crippen LogP contribution in [0.3, 0.4) is 0 Å². The molecule has 0 saturated carbocycles. The molecule has 158 valence electrons. The Morgan fingerprint density at radius 1 is 0.308 bits per heavy atom. The van der Waals surface area contributed by atoms with E-state index in [-0.39, 0.29) is 0 Å². The molecule has 0 aliphatic rings. The second-order valence-electron chi connectivity index (χ2n) is 8.89. The summed E-state index contributed by atoms with van der Waals surface area (Å²) in [5.41, 5.74) is 0. The summed E-state index contributed by atoms with van der Waals surface area (Å²) < 4.78 is 0. The maximum atomic E-state index is 2.37. The molecule has 0 fully saturated rings. The van der Waals surface area contributed by atoms with Crippen LogP contribution >= 0.6 is 0 Å². The second kappa shape index (κ2) is 23.0. The first-order valence-corrected chi connectivity index (χ1v) is 12.8. The molecule has 0 nitrogen and oxygen atoms in total. The van der Waals surface area contributed by atoms with Crippen molar-refractivity contribution < 1.29 is 0 Å². The maximum absolute atomic E-state index is 2.37. The lowest BCUT2D eigenvalue weighted by molar-refractivity contribution is 0.377. The van der Waals surface area contributed by atoms with Gasteiger partial charge in [-0.2, -0.15) is 0 Å². The van der Waals surface area contributed by atoms with Crippen LogP contribution in [0.5, 0.6) is 0 Å². The zero-order valence-electron chi connectivity index (χ0n) is 19.1. The van der Waals surface area contributed by atoms with Crippen LogP contribution in [-0.4, -0.2) is 0 Å². The van der Waals surface area contributed by atoms with Crippen LogP contribution in [0, 0.1) is 5.92 Å². The largest absolute Gasteiger partial charge is 0.0654 e. The van der Waals surface area contributed by atoms with Crippen LogP contribution in [0.15, 0.2) is 0 Å². The van der Waals surface area contributed by atoms with E-state index in [0.717, 1.165) is 5.92 Å². The van der Waals surface area contributed by atoms with E-state index in [1.54, 1.807) is 0 Å². The van der Waals surface area contributed by atoms with Gasteiger partial charge in [0.15, 0.2) is 0 Å². The van der Waals surface area contributed by atoms with Gasteiger partial charge in [0.25, 0.3) is 0 Å². The van der Waals surface area contributed by atoms with Crippen LogP contribution in [0.4, 0.5) is 0 Å². The summed E-state index contributed by atoms with van der Waals surface area (Å²) >= 11 is 0. The van der Waals surface area contributed by atoms with Gasteiger partial charge in [-0.15, -0.1) is 0 Å². The van der Waals surface area contributed by atoms with Crippen LogP contribution in [0.25, 0.3) is 0 Å². The molecule has 0 heteroatoms. The van der Waals surface area contributed by atoms with Gasteiger partial charge in [0.1, 0.15) is 0 Å². The Hall–Kier alpha value is 0. The summed E-state index contributed by atoms with van der Waals surface area (Å²) in [6, 6.07) is 0. The highest BCUT2D eigenvalue weighted by molar-refractivity contribution is 4.61. The van der Waals surface area contributed by atoms with E-state index in [1.807, 2.05) is 0 Å². The molecular formula is C26H54. The lowest BCUT2D eigenvalue weighted by Crippen LogP contribution is -2.00. The van der Waals surface area contributed by atoms with Gasteiger partial charge < -0.3 is 0 Å². The summed E-state index contributed by atoms with van der Waals surface area (Å²) in [5, 5.41) is 0. The van der Waals surface area contributed by atoms with Gasteiger partial charge >= 0.3 is 0 Å². The molecule has 0 aromatic carbocycles. The van der Waals surface area contributed by atoms with E-state index in [1.165, 1.54) is 141 Å². The highest BCUT2D eigenvalue weighted by atomic mass is 14.1. The van der Waals surface area contributed by atoms with Crippen molar-refractivity contribution >= 4 is 0 Å². The van der Waals surface area contributed by atoms with Crippen molar-refractivity contribution in [3.8, 4) is 0 Å². The Morgan fingerprint density at radius 2 is 0.615 bits per heavy atom. The fraction of sp³-hybridized carbons (Fsp3) is 1.00. The monoisotopic (exact) mass is 366 g/mol. The Kier molecular flexibility index (Phi) is 23.0. The van der Waals surface area contributed by atoms with Gasteiger partial charge in [-0.05, 0) is 5.92 Å². The van der Waals surface area contributed by atoms with Gasteiger partial charge in [0, 0.05) is 0 Å². The molecule has 0 heterocycles. The molecule has 0 saturated heterocycles. The molecule has 0 N–H and O–H groups in total. The Labute approximate surface area is 168 Å². The summed E-state index contributed by atoms with van der Waals surface area (Å²) in [7, 11) is 0. The fourth-order valence-electron chi connectivity index (χ4n) is 4.33. The average molecular weight is 367 g/mol. The van der Waals surface area contributed by atoms with E-state index in [9.17, 15) is 0 Å². The molecule has 1 unspecified atom stereocenters. The molecule has 26 heavy (non-hydrogen) atoms. The predicted octanol–water partition coefficient (Wildman–Crippen LogP) is 10.2. The van der Waals surface area contributed by atoms with E-state index < -0.39 is 0 Å². The van der Waals surface area contributed by atoms with Gasteiger partial charge in [0.2, 0.25) is 0 Å². The first-order chi connectivity index (χ1) is 12.8. The van der Waals surface area contributed by atoms with Crippen molar-refractivity contribution in [2.24, 2.45) is 5.92 Å². The van der Waals surface area contributed by atoms with Gasteiger partial charge in [-0.3, -0.25) is 0 Å². The molecule has 0 aromatic rings. The topological polar surface area (TPSA) is 0 Å². The van der Waals surface area contributed by atoms with Crippen molar-refractivity contribution in [1.29, 1.82) is 0 Å². The zero-order valence-corrected chi connectivity index (χ0v) is 19.1. The van der Waals surface area contributed by atoms with E-state index in [0.29, 0.717) is 0 Å². The average Bonchev–Trinajstić information content (AvgIpc) is 2.65. The standard InChI is InChI=1S/C26H54/c1-4-7-9-11-13-14-15-16-18-20-22-25-26(23-6-3)24-21-19-17-12-10-8-5-2/h26H,4-25H2,1-3H3. The number of hydrogen-bond donors (Lipinski definition) is 0. The number of hydrogen-bond acceptors (Lipinski definition) is 0. The molecule has 0 amide bonds. The molecule has 0 aliphatic carbocycles. The smallest absolute Gasteiger partial charge is 0.0414 e. The van der Waals surface area contributed by atoms with Gasteiger partial charge in [-0.1, -0.05) is 162 Å². The number of unbranched alkanes of at least 4 members (excludes halogenated alkanes) is 16. The Balaban J connectivity index is 3.39. The third kappa shape index (κ3) is 20.3. The van der Waals surface area contributed by atoms with E-state index in [2.05, 4.69) is 20.8 Å². The minimum atomic E-state index is 1.04. The molecule has 0 aliphatic heterocycles. The van der Waals surface area contributed by atoms with Crippen LogP contribution in [0.1, 0.15) is 162 Å². The van der Waals surface area contributed by atoms with E-state index in [4.69, 9.17) is 0 Å². The molecule has 0 rings (SSSR count). The van der Waals surface area contributed by atoms with Crippen molar-refractivity contribution in [2.75, 3.05) is 0 Å². The Morgan fingerprint density at radius 3 is 0.923 bits per heavy atom. The van der Waals surface area contributed by atoms with Gasteiger partial charge in [-0.25, -0.2) is 0 Å². The minimum absolute atomic E-state index is 1.04. The third-order valence-corrected chi connectivity index (χ3v) is 6.13. The molecule has 0 bridgehead atoms. The molecule has 0 aromatic heterocycles. The molecule has 0 spiro atoms. The molecule has 1 atom stereocenters. The highest BCUT2D eigenvalue weighted by Crippen LogP contribution is 2.23. The third-order valence-electron chi connectivity index (χ3n) is 6.13. The van der Waals surface area contributed by atoms with Crippen LogP contribution < -0.4 is 0 Å². The summed E-state index contributed by atoms with van der Waals surface area (Å²) in [6.45, 7) is 6.99. The van der Waals surface area contributed by atoms with Crippen molar-refractivity contribution in [1.82, 2.24) is 0 Å². The number of rotatable bonds is 22. The SMILES string of the molecule is CCCCCCCCCCCCCC(CCC)CCCCCCCCC. The first kappa shape index (κ1) is 26.0. The molecular weight excluding hydrogens is 312 g/mol. The van der Waals surface area contributed by atoms with Gasteiger partial charge in [0.05, 0.1) is 0 Å². The van der Waals surface area contributed by atoms with Crippen molar-refractivity contribution in [2.45, 2.75) is 162 Å². The summed E-state index contributed by atoms with van der Waals surface area (Å²) in [4.78, 5) is 0. The first-order valence-electron chi connectivity index (χ1n) is 12.8. The quantitative estimate of drug-likeness (QED) is 0.167. The van der Waals surface area contributed by atoms with Crippen LogP contribution in [0.2, 0.25) is 0 Å². The minimum Gasteiger partial charge on any atom is -0.0654 e. The normalized spacial score (nSPS) is 12.6. The second-order valence-corrected chi connectivity index (χ2v) is 8.89. The highest BCUT2D eigenvalue weighted by Gasteiger charge is 2.07. The zero-order chi connectivity index (χ0) is 19.1. The fourth-order valence-corrected chi connectivity index (χ4v) is 4.33. The van der Waals surface area contributed by atoms with Crippen LogP contribution in [-0.2, 0) is 0 Å². The summed E-state index contributed by atoms with van der Waals surface area (Å²) in [6.07, 6.45) is 32.3. The van der Waals surface area contributed by atoms with Crippen molar-refractivity contribution in [3.63, 3.8) is 0 Å². The lowest BCUT2D eigenvalue weighted by Gasteiger charge is -2.16. The molecule has 0 radical (unpaired) electrons. The maximum Gasteiger partial charge on any atom is -0.0414 e.